The average Bonchev–Trinajstić information content (AvgIpc) is 3.02. The van der Waals surface area contributed by atoms with Crippen molar-refractivity contribution < 1.29 is 28.6 Å². The molecule has 0 spiro atoms. The summed E-state index contributed by atoms with van der Waals surface area (Å²) in [6.45, 7) is 3.36. The van der Waals surface area contributed by atoms with Crippen molar-refractivity contribution in [3.63, 3.8) is 0 Å². The van der Waals surface area contributed by atoms with Crippen molar-refractivity contribution in [1.82, 2.24) is 0 Å². The summed E-state index contributed by atoms with van der Waals surface area (Å²) in [6, 6.07) is 0. The van der Waals surface area contributed by atoms with E-state index in [4.69, 9.17) is 9.47 Å². The molecule has 3 aliphatic rings. The Kier molecular flexibility index (Phi) is 3.24. The van der Waals surface area contributed by atoms with E-state index in [9.17, 15) is 14.4 Å². The lowest BCUT2D eigenvalue weighted by atomic mass is 9.77. The van der Waals surface area contributed by atoms with E-state index in [1.165, 1.54) is 7.11 Å². The number of fused-ring (bicyclic) bond motifs is 1. The van der Waals surface area contributed by atoms with Gasteiger partial charge in [0.15, 0.2) is 12.2 Å². The summed E-state index contributed by atoms with van der Waals surface area (Å²) in [7, 11) is 1.31. The molecule has 3 saturated heterocycles. The van der Waals surface area contributed by atoms with Crippen molar-refractivity contribution in [2.45, 2.75) is 29.1 Å². The molecule has 0 saturated carbocycles. The first-order valence-corrected chi connectivity index (χ1v) is 7.27. The summed E-state index contributed by atoms with van der Waals surface area (Å²) in [5.74, 6) is -1.71. The van der Waals surface area contributed by atoms with Gasteiger partial charge in [-0.2, -0.15) is 0 Å². The third kappa shape index (κ3) is 1.83. The largest absolute Gasteiger partial charge is 0.469 e. The van der Waals surface area contributed by atoms with E-state index in [-0.39, 0.29) is 40.7 Å². The van der Waals surface area contributed by atoms with Crippen LogP contribution in [0.15, 0.2) is 12.7 Å². The second-order valence-corrected chi connectivity index (χ2v) is 6.40. The van der Waals surface area contributed by atoms with Crippen LogP contribution in [0, 0.1) is 11.8 Å². The highest BCUT2D eigenvalue weighted by molar-refractivity contribution is 8.01. The average molecular weight is 298 g/mol. The molecule has 6 atom stereocenters. The Morgan fingerprint density at radius 3 is 2.85 bits per heavy atom. The van der Waals surface area contributed by atoms with E-state index in [0.717, 1.165) is 6.08 Å². The van der Waals surface area contributed by atoms with E-state index >= 15 is 0 Å². The molecule has 6 nitrogen and oxygen atoms in total. The van der Waals surface area contributed by atoms with Crippen LogP contribution in [0.3, 0.4) is 0 Å². The molecule has 7 heteroatoms. The van der Waals surface area contributed by atoms with Gasteiger partial charge in [-0.25, -0.2) is 4.79 Å². The van der Waals surface area contributed by atoms with Crippen molar-refractivity contribution in [3.05, 3.63) is 12.7 Å². The number of methoxy groups -OCH3 is 1. The number of hydrogen-bond acceptors (Lipinski definition) is 7. The summed E-state index contributed by atoms with van der Waals surface area (Å²) >= 11 is 1.57. The number of rotatable bonds is 4. The molecular formula is C13H14O6S. The number of thioether (sulfide) groups is 1. The first kappa shape index (κ1) is 13.5. The maximum absolute atomic E-state index is 11.9. The zero-order chi connectivity index (χ0) is 14.4. The van der Waals surface area contributed by atoms with Crippen molar-refractivity contribution >= 4 is 29.7 Å². The van der Waals surface area contributed by atoms with Gasteiger partial charge >= 0.3 is 17.9 Å². The monoisotopic (exact) mass is 298 g/mol. The van der Waals surface area contributed by atoms with Crippen LogP contribution in [-0.4, -0.2) is 47.7 Å². The maximum Gasteiger partial charge on any atom is 0.330 e. The highest BCUT2D eigenvalue weighted by Gasteiger charge is 2.68. The number of carbonyl (C=O) groups excluding carboxylic acids is 3. The maximum atomic E-state index is 11.9. The van der Waals surface area contributed by atoms with Gasteiger partial charge in [0.25, 0.3) is 0 Å². The third-order valence-corrected chi connectivity index (χ3v) is 5.90. The minimum atomic E-state index is -0.542. The molecule has 6 unspecified atom stereocenters. The fourth-order valence-electron chi connectivity index (χ4n) is 3.28. The van der Waals surface area contributed by atoms with Gasteiger partial charge in [-0.05, 0) is 5.92 Å². The van der Waals surface area contributed by atoms with Crippen LogP contribution in [0.25, 0.3) is 0 Å². The standard InChI is InChI=1S/C13H14O6S/c1-3-6(14)18-9-10-12-8(13(16)19-10)5(11(9)20-12)4-7(15)17-2/h3,5,8-12H,1,4H2,2H3. The van der Waals surface area contributed by atoms with Crippen LogP contribution < -0.4 is 0 Å². The number of ether oxygens (including phenoxy) is 3. The molecule has 0 aromatic carbocycles. The van der Waals surface area contributed by atoms with Crippen LogP contribution in [0.1, 0.15) is 6.42 Å². The smallest absolute Gasteiger partial charge is 0.330 e. The summed E-state index contributed by atoms with van der Waals surface area (Å²) in [5.41, 5.74) is 0. The van der Waals surface area contributed by atoms with Gasteiger partial charge in [0, 0.05) is 6.08 Å². The lowest BCUT2D eigenvalue weighted by Crippen LogP contribution is -2.45. The Bertz CT molecular complexity index is 489. The molecule has 108 valence electrons. The molecule has 20 heavy (non-hydrogen) atoms. The highest BCUT2D eigenvalue weighted by Crippen LogP contribution is 2.59. The fraction of sp³-hybridized carbons (Fsp3) is 0.615. The Morgan fingerprint density at radius 1 is 1.45 bits per heavy atom. The van der Waals surface area contributed by atoms with Crippen LogP contribution in [-0.2, 0) is 28.6 Å². The molecule has 0 aromatic rings. The van der Waals surface area contributed by atoms with Crippen LogP contribution in [0.2, 0.25) is 0 Å². The van der Waals surface area contributed by atoms with Crippen LogP contribution in [0.5, 0.6) is 0 Å². The van der Waals surface area contributed by atoms with Gasteiger partial charge in [-0.3, -0.25) is 9.59 Å². The Labute approximate surface area is 119 Å². The Balaban J connectivity index is 1.83. The molecule has 0 radical (unpaired) electrons. The fourth-order valence-corrected chi connectivity index (χ4v) is 5.33. The quantitative estimate of drug-likeness (QED) is 0.419. The number of carbonyl (C=O) groups is 3. The van der Waals surface area contributed by atoms with E-state index < -0.39 is 18.2 Å². The first-order chi connectivity index (χ1) is 9.56. The topological polar surface area (TPSA) is 78.9 Å². The summed E-state index contributed by atoms with van der Waals surface area (Å²) in [4.78, 5) is 34.8. The third-order valence-electron chi connectivity index (χ3n) is 4.10. The summed E-state index contributed by atoms with van der Waals surface area (Å²) < 4.78 is 15.3. The second kappa shape index (κ2) is 4.80. The molecule has 0 aromatic heterocycles. The SMILES string of the molecule is C=CC(=O)OC1C2OC(=O)C3C(CC(=O)OC)C1SC23. The van der Waals surface area contributed by atoms with Crippen molar-refractivity contribution in [2.75, 3.05) is 7.11 Å². The minimum absolute atomic E-state index is 0.0372. The molecule has 0 aliphatic carbocycles. The zero-order valence-corrected chi connectivity index (χ0v) is 11.6. The van der Waals surface area contributed by atoms with E-state index in [2.05, 4.69) is 11.3 Å². The second-order valence-electron chi connectivity index (χ2n) is 5.04. The number of esters is 3. The van der Waals surface area contributed by atoms with Gasteiger partial charge in [-0.15, -0.1) is 11.8 Å². The Morgan fingerprint density at radius 2 is 2.20 bits per heavy atom. The molecule has 2 bridgehead atoms. The van der Waals surface area contributed by atoms with Crippen molar-refractivity contribution in [1.29, 1.82) is 0 Å². The van der Waals surface area contributed by atoms with Crippen LogP contribution >= 0.6 is 11.8 Å². The first-order valence-electron chi connectivity index (χ1n) is 6.32. The van der Waals surface area contributed by atoms with E-state index in [1.54, 1.807) is 11.8 Å². The van der Waals surface area contributed by atoms with Crippen molar-refractivity contribution in [3.8, 4) is 0 Å². The van der Waals surface area contributed by atoms with Gasteiger partial charge < -0.3 is 14.2 Å². The normalized spacial score (nSPS) is 40.4. The van der Waals surface area contributed by atoms with E-state index in [0.29, 0.717) is 0 Å². The molecule has 3 rings (SSSR count). The van der Waals surface area contributed by atoms with Gasteiger partial charge in [-0.1, -0.05) is 6.58 Å². The molecule has 0 N–H and O–H groups in total. The number of hydrogen-bond donors (Lipinski definition) is 0. The van der Waals surface area contributed by atoms with E-state index in [1.807, 2.05) is 0 Å². The Hall–Kier alpha value is -1.50. The minimum Gasteiger partial charge on any atom is -0.469 e. The summed E-state index contributed by atoms with van der Waals surface area (Å²) in [5, 5.41) is -0.144. The van der Waals surface area contributed by atoms with Gasteiger partial charge in [0.1, 0.15) is 0 Å². The molecular weight excluding hydrogens is 284 g/mol. The molecule has 3 heterocycles. The molecule has 3 fully saturated rings. The highest BCUT2D eigenvalue weighted by atomic mass is 32.2. The lowest BCUT2D eigenvalue weighted by molar-refractivity contribution is -0.155. The predicted molar refractivity (Wildman–Crippen MR) is 68.7 cm³/mol. The molecule has 0 amide bonds. The lowest BCUT2D eigenvalue weighted by Gasteiger charge is -2.29. The van der Waals surface area contributed by atoms with Crippen LogP contribution in [0.4, 0.5) is 0 Å². The zero-order valence-electron chi connectivity index (χ0n) is 10.8. The molecule has 3 aliphatic heterocycles. The predicted octanol–water partition coefficient (Wildman–Crippen LogP) is 0.303. The summed E-state index contributed by atoms with van der Waals surface area (Å²) in [6.07, 6.45) is 0.313. The van der Waals surface area contributed by atoms with Gasteiger partial charge in [0.2, 0.25) is 0 Å². The van der Waals surface area contributed by atoms with Crippen molar-refractivity contribution in [2.24, 2.45) is 11.8 Å². The van der Waals surface area contributed by atoms with Gasteiger partial charge in [0.05, 0.1) is 29.9 Å².